The molecule has 1 aliphatic carbocycles. The number of carbonyl (C=O) groups is 1. The Labute approximate surface area is 209 Å². The van der Waals surface area contributed by atoms with Gasteiger partial charge in [-0.3, -0.25) is 4.90 Å². The van der Waals surface area contributed by atoms with Crippen molar-refractivity contribution < 1.29 is 23.4 Å². The molecule has 1 N–H and O–H groups in total. The molecule has 1 saturated carbocycles. The maximum Gasteiger partial charge on any atom is 0.321 e. The van der Waals surface area contributed by atoms with Crippen molar-refractivity contribution in [3.05, 3.63) is 59.4 Å². The first-order chi connectivity index (χ1) is 16.4. The van der Waals surface area contributed by atoms with Gasteiger partial charge in [-0.15, -0.1) is 0 Å². The highest BCUT2D eigenvalue weighted by molar-refractivity contribution is 9.09. The van der Waals surface area contributed by atoms with E-state index >= 15 is 0 Å². The SMILES string of the molecule is CO[C@H]1CC[C@](OC)(c2cc(F)cc(OCc3ccc(N(C)C(=O)NCCCBr)cc3)c2)CC1. The number of hydrogen-bond donors (Lipinski definition) is 1. The van der Waals surface area contributed by atoms with E-state index in [1.54, 1.807) is 26.2 Å². The van der Waals surface area contributed by atoms with E-state index < -0.39 is 5.60 Å². The lowest BCUT2D eigenvalue weighted by Crippen LogP contribution is -2.37. The second kappa shape index (κ2) is 12.5. The summed E-state index contributed by atoms with van der Waals surface area (Å²) in [6.07, 6.45) is 4.36. The summed E-state index contributed by atoms with van der Waals surface area (Å²) < 4.78 is 31.8. The van der Waals surface area contributed by atoms with Crippen molar-refractivity contribution in [3.8, 4) is 5.75 Å². The Morgan fingerprint density at radius 1 is 1.18 bits per heavy atom. The highest BCUT2D eigenvalue weighted by atomic mass is 79.9. The van der Waals surface area contributed by atoms with Gasteiger partial charge in [0.1, 0.15) is 18.2 Å². The number of ether oxygens (including phenoxy) is 3. The van der Waals surface area contributed by atoms with E-state index in [0.717, 1.165) is 54.2 Å². The molecule has 3 rings (SSSR count). The van der Waals surface area contributed by atoms with Crippen LogP contribution in [0.25, 0.3) is 0 Å². The van der Waals surface area contributed by atoms with Crippen LogP contribution in [0.15, 0.2) is 42.5 Å². The van der Waals surface area contributed by atoms with Gasteiger partial charge in [-0.2, -0.15) is 0 Å². The number of benzene rings is 2. The number of halogens is 2. The van der Waals surface area contributed by atoms with E-state index in [4.69, 9.17) is 14.2 Å². The summed E-state index contributed by atoms with van der Waals surface area (Å²) in [5.41, 5.74) is 1.96. The molecular formula is C26H34BrFN2O4. The van der Waals surface area contributed by atoms with E-state index in [2.05, 4.69) is 21.2 Å². The highest BCUT2D eigenvalue weighted by Crippen LogP contribution is 2.42. The number of hydrogen-bond acceptors (Lipinski definition) is 4. The number of rotatable bonds is 10. The Morgan fingerprint density at radius 3 is 2.50 bits per heavy atom. The Hall–Kier alpha value is -2.16. The molecule has 34 heavy (non-hydrogen) atoms. The van der Waals surface area contributed by atoms with Gasteiger partial charge in [-0.05, 0) is 67.5 Å². The molecule has 8 heteroatoms. The molecule has 0 bridgehead atoms. The number of nitrogens with one attached hydrogen (secondary N) is 1. The van der Waals surface area contributed by atoms with E-state index in [1.807, 2.05) is 30.3 Å². The summed E-state index contributed by atoms with van der Waals surface area (Å²) in [6.45, 7) is 0.906. The summed E-state index contributed by atoms with van der Waals surface area (Å²) in [5.74, 6) is 0.119. The molecule has 0 aliphatic heterocycles. The molecule has 0 aromatic heterocycles. The molecule has 1 fully saturated rings. The van der Waals surface area contributed by atoms with Crippen LogP contribution in [0, 0.1) is 5.82 Å². The molecule has 0 unspecified atom stereocenters. The van der Waals surface area contributed by atoms with Crippen molar-refractivity contribution in [2.45, 2.75) is 50.4 Å². The Bertz CT molecular complexity index is 933. The van der Waals surface area contributed by atoms with Crippen LogP contribution < -0.4 is 15.0 Å². The fraction of sp³-hybridized carbons (Fsp3) is 0.500. The molecular weight excluding hydrogens is 503 g/mol. The predicted octanol–water partition coefficient (Wildman–Crippen LogP) is 5.77. The summed E-state index contributed by atoms with van der Waals surface area (Å²) in [6, 6.07) is 12.2. The first-order valence-electron chi connectivity index (χ1n) is 11.6. The standard InChI is InChI=1S/C26H34BrFN2O4/c1-30(25(31)29-14-4-13-27)22-7-5-19(6-8-22)18-34-24-16-20(15-21(28)17-24)26(33-3)11-9-23(32-2)10-12-26/h5-8,15-17,23H,4,9-14,18H2,1-3H3,(H,29,31)/t23-,26+. The molecule has 186 valence electrons. The molecule has 0 heterocycles. The smallest absolute Gasteiger partial charge is 0.321 e. The molecule has 6 nitrogen and oxygen atoms in total. The van der Waals surface area contributed by atoms with E-state index in [0.29, 0.717) is 12.3 Å². The van der Waals surface area contributed by atoms with Gasteiger partial charge < -0.3 is 19.5 Å². The second-order valence-electron chi connectivity index (χ2n) is 8.60. The number of urea groups is 1. The maximum absolute atomic E-state index is 14.5. The van der Waals surface area contributed by atoms with Gasteiger partial charge in [0, 0.05) is 44.9 Å². The monoisotopic (exact) mass is 536 g/mol. The number of nitrogens with zero attached hydrogens (tertiary/aromatic N) is 1. The molecule has 2 amide bonds. The molecule has 0 radical (unpaired) electrons. The minimum Gasteiger partial charge on any atom is -0.489 e. The summed E-state index contributed by atoms with van der Waals surface area (Å²) in [5, 5.41) is 3.72. The zero-order valence-electron chi connectivity index (χ0n) is 20.1. The van der Waals surface area contributed by atoms with Crippen molar-refractivity contribution >= 4 is 27.6 Å². The minimum absolute atomic E-state index is 0.149. The molecule has 0 saturated heterocycles. The summed E-state index contributed by atoms with van der Waals surface area (Å²) in [4.78, 5) is 13.8. The third-order valence-electron chi connectivity index (χ3n) is 6.48. The van der Waals surface area contributed by atoms with Crippen LogP contribution in [0.1, 0.15) is 43.2 Å². The van der Waals surface area contributed by atoms with Crippen LogP contribution in [0.4, 0.5) is 14.9 Å². The van der Waals surface area contributed by atoms with Crippen molar-refractivity contribution in [1.82, 2.24) is 5.32 Å². The van der Waals surface area contributed by atoms with E-state index in [-0.39, 0.29) is 24.6 Å². The van der Waals surface area contributed by atoms with Gasteiger partial charge in [0.25, 0.3) is 0 Å². The highest BCUT2D eigenvalue weighted by Gasteiger charge is 2.37. The van der Waals surface area contributed by atoms with Crippen LogP contribution >= 0.6 is 15.9 Å². The molecule has 1 aliphatic rings. The van der Waals surface area contributed by atoms with Crippen LogP contribution in [-0.4, -0.2) is 45.3 Å². The lowest BCUT2D eigenvalue weighted by molar-refractivity contribution is -0.0764. The molecule has 0 atom stereocenters. The Kier molecular flexibility index (Phi) is 9.74. The van der Waals surface area contributed by atoms with Gasteiger partial charge in [0.15, 0.2) is 0 Å². The molecule has 0 spiro atoms. The normalized spacial score (nSPS) is 20.1. The topological polar surface area (TPSA) is 60.0 Å². The fourth-order valence-electron chi connectivity index (χ4n) is 4.29. The van der Waals surface area contributed by atoms with Gasteiger partial charge >= 0.3 is 6.03 Å². The predicted molar refractivity (Wildman–Crippen MR) is 135 cm³/mol. The third kappa shape index (κ3) is 6.71. The maximum atomic E-state index is 14.5. The van der Waals surface area contributed by atoms with Crippen molar-refractivity contribution in [2.24, 2.45) is 0 Å². The van der Waals surface area contributed by atoms with Gasteiger partial charge in [0.2, 0.25) is 0 Å². The molecule has 2 aromatic carbocycles. The first-order valence-corrected chi connectivity index (χ1v) is 12.7. The third-order valence-corrected chi connectivity index (χ3v) is 7.04. The lowest BCUT2D eigenvalue weighted by Gasteiger charge is -2.39. The number of alkyl halides is 1. The zero-order valence-corrected chi connectivity index (χ0v) is 21.7. The number of anilines is 1. The zero-order chi connectivity index (χ0) is 24.6. The minimum atomic E-state index is -0.531. The van der Waals surface area contributed by atoms with Crippen molar-refractivity contribution in [3.63, 3.8) is 0 Å². The van der Waals surface area contributed by atoms with Crippen molar-refractivity contribution in [1.29, 1.82) is 0 Å². The van der Waals surface area contributed by atoms with Crippen molar-refractivity contribution in [2.75, 3.05) is 38.0 Å². The van der Waals surface area contributed by atoms with E-state index in [9.17, 15) is 9.18 Å². The average molecular weight is 537 g/mol. The van der Waals surface area contributed by atoms with Gasteiger partial charge in [-0.1, -0.05) is 28.1 Å². The Morgan fingerprint density at radius 2 is 1.88 bits per heavy atom. The largest absolute Gasteiger partial charge is 0.489 e. The van der Waals surface area contributed by atoms with Gasteiger partial charge in [0.05, 0.1) is 11.7 Å². The summed E-state index contributed by atoms with van der Waals surface area (Å²) in [7, 11) is 5.14. The average Bonchev–Trinajstić information content (AvgIpc) is 2.87. The first kappa shape index (κ1) is 26.4. The number of methoxy groups -OCH3 is 2. The Balaban J connectivity index is 1.63. The van der Waals surface area contributed by atoms with Crippen LogP contribution in [0.3, 0.4) is 0 Å². The lowest BCUT2D eigenvalue weighted by atomic mass is 9.78. The fourth-order valence-corrected chi connectivity index (χ4v) is 4.57. The van der Waals surface area contributed by atoms with Crippen LogP contribution in [0.5, 0.6) is 5.75 Å². The second-order valence-corrected chi connectivity index (χ2v) is 9.39. The van der Waals surface area contributed by atoms with Crippen LogP contribution in [-0.2, 0) is 21.7 Å². The number of carbonyl (C=O) groups excluding carboxylic acids is 1. The molecule has 2 aromatic rings. The number of amides is 2. The van der Waals surface area contributed by atoms with E-state index in [1.165, 1.54) is 12.1 Å². The summed E-state index contributed by atoms with van der Waals surface area (Å²) >= 11 is 3.35. The quantitative estimate of drug-likeness (QED) is 0.309. The van der Waals surface area contributed by atoms with Crippen LogP contribution in [0.2, 0.25) is 0 Å². The van der Waals surface area contributed by atoms with Gasteiger partial charge in [-0.25, -0.2) is 9.18 Å².